The van der Waals surface area contributed by atoms with Gasteiger partial charge in [-0.2, -0.15) is 13.2 Å². The lowest BCUT2D eigenvalue weighted by atomic mass is 9.92. The zero-order valence-electron chi connectivity index (χ0n) is 9.59. The summed E-state index contributed by atoms with van der Waals surface area (Å²) >= 11 is 0.389. The van der Waals surface area contributed by atoms with Gasteiger partial charge in [0.2, 0.25) is 0 Å². The number of hydrogen-bond donors (Lipinski definition) is 1. The van der Waals surface area contributed by atoms with Crippen LogP contribution in [-0.2, 0) is 6.18 Å². The van der Waals surface area contributed by atoms with Crippen LogP contribution in [0.15, 0.2) is 6.20 Å². The number of Topliss-reactive ketones (excluding diaryl/α,β-unsaturated/α-hetero) is 1. The molecule has 100 valence electrons. The molecule has 0 atom stereocenters. The molecule has 0 unspecified atom stereocenters. The lowest BCUT2D eigenvalue weighted by Gasteiger charge is -2.21. The molecule has 2 rings (SSSR count). The monoisotopic (exact) mass is 278 g/mol. The van der Waals surface area contributed by atoms with Gasteiger partial charge in [0, 0.05) is 18.2 Å². The van der Waals surface area contributed by atoms with Crippen LogP contribution in [0.5, 0.6) is 0 Å². The summed E-state index contributed by atoms with van der Waals surface area (Å²) in [5, 5.41) is -0.983. The van der Waals surface area contributed by atoms with Crippen molar-refractivity contribution in [1.29, 1.82) is 0 Å². The van der Waals surface area contributed by atoms with Gasteiger partial charge in [-0.05, 0) is 12.8 Å². The van der Waals surface area contributed by atoms with Crippen molar-refractivity contribution in [2.24, 2.45) is 5.73 Å². The van der Waals surface area contributed by atoms with Gasteiger partial charge in [-0.15, -0.1) is 11.3 Å². The molecule has 2 N–H and O–H groups in total. The number of carbonyl (C=O) groups excluding carboxylic acids is 1. The van der Waals surface area contributed by atoms with Crippen molar-refractivity contribution in [3.8, 4) is 0 Å². The van der Waals surface area contributed by atoms with Crippen LogP contribution >= 0.6 is 11.3 Å². The molecule has 1 fully saturated rings. The van der Waals surface area contributed by atoms with Gasteiger partial charge >= 0.3 is 6.18 Å². The lowest BCUT2D eigenvalue weighted by molar-refractivity contribution is -0.137. The number of carbonyl (C=O) groups is 1. The average molecular weight is 278 g/mol. The molecular weight excluding hydrogens is 265 g/mol. The normalized spacial score (nSPS) is 19.1. The Morgan fingerprint density at radius 3 is 2.56 bits per heavy atom. The standard InChI is InChI=1S/C11H13F3N2OS/c12-11(13,14)9-16-6-8(18-9)7(17)5-10(15)3-1-2-4-10/h6H,1-5,15H2. The van der Waals surface area contributed by atoms with Crippen LogP contribution in [0.4, 0.5) is 13.2 Å². The predicted molar refractivity (Wildman–Crippen MR) is 61.4 cm³/mol. The van der Waals surface area contributed by atoms with Crippen LogP contribution in [-0.4, -0.2) is 16.3 Å². The summed E-state index contributed by atoms with van der Waals surface area (Å²) in [5.74, 6) is -0.340. The largest absolute Gasteiger partial charge is 0.443 e. The SMILES string of the molecule is NC1(CC(=O)c2cnc(C(F)(F)F)s2)CCCC1. The van der Waals surface area contributed by atoms with Crippen molar-refractivity contribution < 1.29 is 18.0 Å². The first kappa shape index (κ1) is 13.5. The summed E-state index contributed by atoms with van der Waals surface area (Å²) in [4.78, 5) is 15.1. The number of thiazole rings is 1. The summed E-state index contributed by atoms with van der Waals surface area (Å²) in [6.07, 6.45) is 0.0610. The smallest absolute Gasteiger partial charge is 0.325 e. The third-order valence-corrected chi connectivity index (χ3v) is 4.22. The summed E-state index contributed by atoms with van der Waals surface area (Å²) in [6, 6.07) is 0. The molecule has 1 saturated carbocycles. The molecule has 0 amide bonds. The predicted octanol–water partition coefficient (Wildman–Crippen LogP) is 3.01. The highest BCUT2D eigenvalue weighted by Crippen LogP contribution is 2.35. The maximum Gasteiger partial charge on any atom is 0.443 e. The van der Waals surface area contributed by atoms with Crippen LogP contribution in [0.1, 0.15) is 46.8 Å². The topological polar surface area (TPSA) is 56.0 Å². The van der Waals surface area contributed by atoms with E-state index in [1.807, 2.05) is 0 Å². The number of halogens is 3. The molecule has 1 aromatic rings. The molecule has 1 aliphatic rings. The van der Waals surface area contributed by atoms with E-state index in [0.29, 0.717) is 11.3 Å². The van der Waals surface area contributed by atoms with Crippen molar-refractivity contribution in [1.82, 2.24) is 4.98 Å². The summed E-state index contributed by atoms with van der Waals surface area (Å²) in [7, 11) is 0. The van der Waals surface area contributed by atoms with E-state index in [-0.39, 0.29) is 17.1 Å². The van der Waals surface area contributed by atoms with E-state index in [1.54, 1.807) is 0 Å². The Morgan fingerprint density at radius 1 is 1.44 bits per heavy atom. The molecule has 0 spiro atoms. The Bertz CT molecular complexity index is 449. The Kier molecular flexibility index (Phi) is 3.46. The van der Waals surface area contributed by atoms with E-state index in [1.165, 1.54) is 0 Å². The second kappa shape index (κ2) is 4.62. The maximum atomic E-state index is 12.4. The van der Waals surface area contributed by atoms with E-state index in [4.69, 9.17) is 5.73 Å². The minimum Gasteiger partial charge on any atom is -0.325 e. The van der Waals surface area contributed by atoms with Gasteiger partial charge in [-0.3, -0.25) is 4.79 Å². The molecule has 0 saturated heterocycles. The second-order valence-electron chi connectivity index (χ2n) is 4.70. The van der Waals surface area contributed by atoms with E-state index >= 15 is 0 Å². The van der Waals surface area contributed by atoms with Crippen LogP contribution in [0.2, 0.25) is 0 Å². The highest BCUT2D eigenvalue weighted by atomic mass is 32.1. The van der Waals surface area contributed by atoms with Crippen molar-refractivity contribution in [2.75, 3.05) is 0 Å². The van der Waals surface area contributed by atoms with Crippen molar-refractivity contribution in [3.05, 3.63) is 16.1 Å². The second-order valence-corrected chi connectivity index (χ2v) is 5.73. The molecular formula is C11H13F3N2OS. The highest BCUT2D eigenvalue weighted by Gasteiger charge is 2.37. The van der Waals surface area contributed by atoms with Gasteiger partial charge in [0.25, 0.3) is 0 Å². The first-order valence-corrected chi connectivity index (χ1v) is 6.47. The Morgan fingerprint density at radius 2 is 2.06 bits per heavy atom. The minimum atomic E-state index is -4.49. The highest BCUT2D eigenvalue weighted by molar-refractivity contribution is 7.13. The molecule has 1 aliphatic carbocycles. The number of nitrogens with two attached hydrogens (primary N) is 1. The molecule has 3 nitrogen and oxygen atoms in total. The quantitative estimate of drug-likeness (QED) is 0.865. The van der Waals surface area contributed by atoms with Crippen molar-refractivity contribution in [2.45, 2.75) is 43.8 Å². The van der Waals surface area contributed by atoms with Gasteiger partial charge < -0.3 is 5.73 Å². The van der Waals surface area contributed by atoms with Crippen LogP contribution < -0.4 is 5.73 Å². The Labute approximate surface area is 106 Å². The fourth-order valence-electron chi connectivity index (χ4n) is 2.20. The van der Waals surface area contributed by atoms with Crippen molar-refractivity contribution >= 4 is 17.1 Å². The summed E-state index contributed by atoms with van der Waals surface area (Å²) in [5.41, 5.74) is 5.49. The number of ketones is 1. The molecule has 0 radical (unpaired) electrons. The molecule has 1 aromatic heterocycles. The molecule has 0 aliphatic heterocycles. The Balaban J connectivity index is 2.07. The minimum absolute atomic E-state index is 0.0408. The van der Waals surface area contributed by atoms with Crippen LogP contribution in [0.25, 0.3) is 0 Å². The van der Waals surface area contributed by atoms with Gasteiger partial charge in [0.1, 0.15) is 0 Å². The zero-order chi connectivity index (χ0) is 13.4. The fraction of sp³-hybridized carbons (Fsp3) is 0.636. The van der Waals surface area contributed by atoms with Gasteiger partial charge in [0.05, 0.1) is 4.88 Å². The van der Waals surface area contributed by atoms with Gasteiger partial charge in [-0.1, -0.05) is 12.8 Å². The summed E-state index contributed by atoms with van der Waals surface area (Å²) < 4.78 is 37.1. The van der Waals surface area contributed by atoms with E-state index in [9.17, 15) is 18.0 Å². The van der Waals surface area contributed by atoms with E-state index < -0.39 is 16.7 Å². The average Bonchev–Trinajstić information content (AvgIpc) is 2.84. The van der Waals surface area contributed by atoms with Crippen molar-refractivity contribution in [3.63, 3.8) is 0 Å². The third-order valence-electron chi connectivity index (χ3n) is 3.13. The number of nitrogens with zero attached hydrogens (tertiary/aromatic N) is 1. The first-order chi connectivity index (χ1) is 8.30. The number of aromatic nitrogens is 1. The molecule has 0 aromatic carbocycles. The summed E-state index contributed by atoms with van der Waals surface area (Å²) in [6.45, 7) is 0. The van der Waals surface area contributed by atoms with Crippen LogP contribution in [0, 0.1) is 0 Å². The van der Waals surface area contributed by atoms with Crippen LogP contribution in [0.3, 0.4) is 0 Å². The number of rotatable bonds is 3. The fourth-order valence-corrected chi connectivity index (χ4v) is 2.92. The Hall–Kier alpha value is -0.950. The first-order valence-electron chi connectivity index (χ1n) is 5.65. The molecule has 7 heteroatoms. The third kappa shape index (κ3) is 2.89. The van der Waals surface area contributed by atoms with E-state index in [2.05, 4.69) is 4.98 Å². The molecule has 18 heavy (non-hydrogen) atoms. The van der Waals surface area contributed by atoms with E-state index in [0.717, 1.165) is 31.9 Å². The number of alkyl halides is 3. The molecule has 1 heterocycles. The lowest BCUT2D eigenvalue weighted by Crippen LogP contribution is -2.38. The number of hydrogen-bond acceptors (Lipinski definition) is 4. The van der Waals surface area contributed by atoms with Gasteiger partial charge in [0.15, 0.2) is 10.8 Å². The maximum absolute atomic E-state index is 12.4. The molecule has 0 bridgehead atoms. The zero-order valence-corrected chi connectivity index (χ0v) is 10.4. The van der Waals surface area contributed by atoms with Gasteiger partial charge in [-0.25, -0.2) is 4.98 Å².